The summed E-state index contributed by atoms with van der Waals surface area (Å²) >= 11 is 1.88. The topological polar surface area (TPSA) is 75.4 Å². The van der Waals surface area contributed by atoms with E-state index < -0.39 is 0 Å². The molecule has 0 spiro atoms. The Kier molecular flexibility index (Phi) is 5.89. The number of fused-ring (bicyclic) bond motifs is 1. The standard InChI is InChI=1S/C18H27N3O2S/c19-17(22)11-21-9-3-4-13(10-21)18(23)20-8-7-14-12-24-16-6-2-1-5-15(14)16/h12-13H,1-11H2,(H2,19,22)(H,20,23)/t13-/m0/s1. The van der Waals surface area contributed by atoms with Gasteiger partial charge < -0.3 is 11.1 Å². The predicted octanol–water partition coefficient (Wildman–Crippen LogP) is 1.48. The van der Waals surface area contributed by atoms with Crippen LogP contribution in [0, 0.1) is 5.92 Å². The van der Waals surface area contributed by atoms with Gasteiger partial charge in [0.05, 0.1) is 12.5 Å². The van der Waals surface area contributed by atoms with Crippen LogP contribution in [0.2, 0.25) is 0 Å². The van der Waals surface area contributed by atoms with Gasteiger partial charge in [0.25, 0.3) is 0 Å². The van der Waals surface area contributed by atoms with Crippen LogP contribution in [0.1, 0.15) is 41.7 Å². The van der Waals surface area contributed by atoms with E-state index in [-0.39, 0.29) is 24.3 Å². The average molecular weight is 350 g/mol. The molecule has 3 rings (SSSR count). The number of carbonyl (C=O) groups excluding carboxylic acids is 2. The van der Waals surface area contributed by atoms with Crippen molar-refractivity contribution in [1.82, 2.24) is 10.2 Å². The molecule has 1 aromatic heterocycles. The first kappa shape index (κ1) is 17.4. The lowest BCUT2D eigenvalue weighted by molar-refractivity contribution is -0.128. The molecule has 0 radical (unpaired) electrons. The highest BCUT2D eigenvalue weighted by atomic mass is 32.1. The summed E-state index contributed by atoms with van der Waals surface area (Å²) in [5.74, 6) is -0.221. The summed E-state index contributed by atoms with van der Waals surface area (Å²) in [6.45, 7) is 2.45. The molecule has 1 saturated heterocycles. The number of primary amides is 1. The Hall–Kier alpha value is -1.40. The molecule has 1 atom stereocenters. The largest absolute Gasteiger partial charge is 0.369 e. The number of aryl methyl sites for hydroxylation is 1. The second-order valence-electron chi connectivity index (χ2n) is 6.95. The molecule has 3 N–H and O–H groups in total. The highest BCUT2D eigenvalue weighted by molar-refractivity contribution is 7.10. The number of nitrogens with two attached hydrogens (primary N) is 1. The van der Waals surface area contributed by atoms with Gasteiger partial charge >= 0.3 is 0 Å². The third-order valence-corrected chi connectivity index (χ3v) is 6.23. The van der Waals surface area contributed by atoms with Crippen LogP contribution < -0.4 is 11.1 Å². The van der Waals surface area contributed by atoms with E-state index in [1.165, 1.54) is 31.2 Å². The fourth-order valence-electron chi connectivity index (χ4n) is 3.87. The maximum atomic E-state index is 12.4. The summed E-state index contributed by atoms with van der Waals surface area (Å²) in [7, 11) is 0. The lowest BCUT2D eigenvalue weighted by Gasteiger charge is -2.31. The molecule has 1 aromatic rings. The molecule has 5 nitrogen and oxygen atoms in total. The summed E-state index contributed by atoms with van der Waals surface area (Å²) in [6, 6.07) is 0. The minimum atomic E-state index is -0.321. The number of likely N-dealkylation sites (tertiary alicyclic amines) is 1. The Balaban J connectivity index is 1.45. The van der Waals surface area contributed by atoms with E-state index in [2.05, 4.69) is 10.7 Å². The van der Waals surface area contributed by atoms with Crippen LogP contribution in [0.5, 0.6) is 0 Å². The van der Waals surface area contributed by atoms with Crippen LogP contribution in [-0.4, -0.2) is 42.9 Å². The number of nitrogens with one attached hydrogen (secondary N) is 1. The normalized spacial score (nSPS) is 21.2. The second kappa shape index (κ2) is 8.12. The number of carbonyl (C=O) groups is 2. The van der Waals surface area contributed by atoms with Crippen LogP contribution in [0.15, 0.2) is 5.38 Å². The van der Waals surface area contributed by atoms with Gasteiger partial charge in [0.2, 0.25) is 11.8 Å². The molecule has 24 heavy (non-hydrogen) atoms. The smallest absolute Gasteiger partial charge is 0.231 e. The number of hydrogen-bond donors (Lipinski definition) is 2. The van der Waals surface area contributed by atoms with Crippen molar-refractivity contribution in [3.05, 3.63) is 21.4 Å². The van der Waals surface area contributed by atoms with E-state index in [0.717, 1.165) is 25.8 Å². The number of nitrogens with zero attached hydrogens (tertiary/aromatic N) is 1. The second-order valence-corrected chi connectivity index (χ2v) is 7.92. The van der Waals surface area contributed by atoms with E-state index in [4.69, 9.17) is 5.73 Å². The van der Waals surface area contributed by atoms with E-state index in [1.807, 2.05) is 16.2 Å². The zero-order valence-electron chi connectivity index (χ0n) is 14.2. The number of hydrogen-bond acceptors (Lipinski definition) is 4. The fraction of sp³-hybridized carbons (Fsp3) is 0.667. The summed E-state index contributed by atoms with van der Waals surface area (Å²) in [6.07, 6.45) is 7.80. The van der Waals surface area contributed by atoms with Crippen molar-refractivity contribution in [2.45, 2.75) is 44.9 Å². The van der Waals surface area contributed by atoms with Gasteiger partial charge in [-0.1, -0.05) is 0 Å². The van der Waals surface area contributed by atoms with Crippen molar-refractivity contribution in [2.24, 2.45) is 11.7 Å². The highest BCUT2D eigenvalue weighted by Gasteiger charge is 2.26. The van der Waals surface area contributed by atoms with Gasteiger partial charge in [0, 0.05) is 18.0 Å². The molecule has 6 heteroatoms. The summed E-state index contributed by atoms with van der Waals surface area (Å²) in [5, 5.41) is 5.37. The maximum absolute atomic E-state index is 12.4. The van der Waals surface area contributed by atoms with Gasteiger partial charge in [-0.2, -0.15) is 0 Å². The molecule has 0 unspecified atom stereocenters. The first-order valence-corrected chi connectivity index (χ1v) is 9.88. The average Bonchev–Trinajstić information content (AvgIpc) is 2.98. The van der Waals surface area contributed by atoms with Gasteiger partial charge in [-0.15, -0.1) is 11.3 Å². The first-order valence-electron chi connectivity index (χ1n) is 9.00. The maximum Gasteiger partial charge on any atom is 0.231 e. The van der Waals surface area contributed by atoms with E-state index in [1.54, 1.807) is 10.4 Å². The third-order valence-electron chi connectivity index (χ3n) is 5.10. The quantitative estimate of drug-likeness (QED) is 0.817. The summed E-state index contributed by atoms with van der Waals surface area (Å²) < 4.78 is 0. The van der Waals surface area contributed by atoms with Crippen molar-refractivity contribution in [3.63, 3.8) is 0 Å². The molecular weight excluding hydrogens is 322 g/mol. The Morgan fingerprint density at radius 2 is 2.12 bits per heavy atom. The van der Waals surface area contributed by atoms with Crippen LogP contribution >= 0.6 is 11.3 Å². The Bertz CT molecular complexity index is 599. The lowest BCUT2D eigenvalue weighted by atomic mass is 9.94. The van der Waals surface area contributed by atoms with Gasteiger partial charge in [-0.25, -0.2) is 0 Å². The van der Waals surface area contributed by atoms with Crippen LogP contribution in [-0.2, 0) is 28.9 Å². The summed E-state index contributed by atoms with van der Waals surface area (Å²) in [4.78, 5) is 27.0. The van der Waals surface area contributed by atoms with E-state index in [0.29, 0.717) is 13.1 Å². The van der Waals surface area contributed by atoms with Gasteiger partial charge in [0.1, 0.15) is 0 Å². The van der Waals surface area contributed by atoms with E-state index in [9.17, 15) is 9.59 Å². The van der Waals surface area contributed by atoms with E-state index >= 15 is 0 Å². The van der Waals surface area contributed by atoms with Crippen LogP contribution in [0.25, 0.3) is 0 Å². The van der Waals surface area contributed by atoms with Crippen molar-refractivity contribution in [1.29, 1.82) is 0 Å². The molecule has 1 aliphatic carbocycles. The minimum absolute atomic E-state index is 0.0190. The molecular formula is C18H27N3O2S. The number of piperidine rings is 1. The molecule has 2 amide bonds. The molecule has 2 aliphatic rings. The predicted molar refractivity (Wildman–Crippen MR) is 96.0 cm³/mol. The molecule has 0 bridgehead atoms. The van der Waals surface area contributed by atoms with Crippen molar-refractivity contribution < 1.29 is 9.59 Å². The lowest BCUT2D eigenvalue weighted by Crippen LogP contribution is -2.46. The molecule has 132 valence electrons. The Morgan fingerprint density at radius 1 is 1.29 bits per heavy atom. The molecule has 1 fully saturated rings. The van der Waals surface area contributed by atoms with Crippen molar-refractivity contribution in [3.8, 4) is 0 Å². The monoisotopic (exact) mass is 349 g/mol. The van der Waals surface area contributed by atoms with Gasteiger partial charge in [-0.05, 0) is 68.0 Å². The Morgan fingerprint density at radius 3 is 2.96 bits per heavy atom. The number of thiophene rings is 1. The molecule has 1 aliphatic heterocycles. The summed E-state index contributed by atoms with van der Waals surface area (Å²) in [5.41, 5.74) is 8.23. The fourth-order valence-corrected chi connectivity index (χ4v) is 5.05. The first-order chi connectivity index (χ1) is 11.6. The van der Waals surface area contributed by atoms with Crippen molar-refractivity contribution in [2.75, 3.05) is 26.2 Å². The Labute approximate surface area is 147 Å². The SMILES string of the molecule is NC(=O)CN1CCC[C@H](C(=O)NCCc2csc3c2CCCC3)C1. The zero-order valence-corrected chi connectivity index (χ0v) is 15.0. The number of rotatable bonds is 6. The third kappa shape index (κ3) is 4.36. The molecule has 2 heterocycles. The highest BCUT2D eigenvalue weighted by Crippen LogP contribution is 2.30. The minimum Gasteiger partial charge on any atom is -0.369 e. The van der Waals surface area contributed by atoms with Crippen molar-refractivity contribution >= 4 is 23.2 Å². The van der Waals surface area contributed by atoms with Crippen LogP contribution in [0.3, 0.4) is 0 Å². The van der Waals surface area contributed by atoms with Crippen LogP contribution in [0.4, 0.5) is 0 Å². The zero-order chi connectivity index (χ0) is 16.9. The molecule has 0 saturated carbocycles. The van der Waals surface area contributed by atoms with Gasteiger partial charge in [0.15, 0.2) is 0 Å². The van der Waals surface area contributed by atoms with Gasteiger partial charge in [-0.3, -0.25) is 14.5 Å². The molecule has 0 aromatic carbocycles. The number of amides is 2.